The lowest BCUT2D eigenvalue weighted by molar-refractivity contribution is -0.126. The van der Waals surface area contributed by atoms with Crippen LogP contribution in [0.2, 0.25) is 0 Å². The van der Waals surface area contributed by atoms with Crippen LogP contribution in [-0.4, -0.2) is 67.0 Å². The van der Waals surface area contributed by atoms with E-state index in [9.17, 15) is 28.8 Å². The molecule has 0 aliphatic carbocycles. The van der Waals surface area contributed by atoms with Crippen molar-refractivity contribution in [3.8, 4) is 0 Å². The zero-order valence-corrected chi connectivity index (χ0v) is 28.6. The maximum Gasteiger partial charge on any atom is 0.269 e. The zero-order valence-electron chi connectivity index (χ0n) is 22.2. The Labute approximate surface area is 286 Å². The summed E-state index contributed by atoms with van der Waals surface area (Å²) in [7, 11) is 0. The van der Waals surface area contributed by atoms with Crippen molar-refractivity contribution in [2.24, 2.45) is 0 Å². The summed E-state index contributed by atoms with van der Waals surface area (Å²) in [4.78, 5) is 77.7. The van der Waals surface area contributed by atoms with Gasteiger partial charge in [-0.05, 0) is 48.5 Å². The van der Waals surface area contributed by atoms with E-state index in [1.165, 1.54) is 9.80 Å². The number of carbonyl (C=O) groups is 6. The first-order valence-electron chi connectivity index (χ1n) is 12.5. The Morgan fingerprint density at radius 1 is 0.614 bits per heavy atom. The van der Waals surface area contributed by atoms with Gasteiger partial charge < -0.3 is 0 Å². The molecule has 0 unspecified atom stereocenters. The minimum Gasteiger partial charge on any atom is -0.292 e. The topological polar surface area (TPSA) is 157 Å². The molecular formula is C26H20Br2N6O6S4. The molecule has 4 rings (SSSR count). The fourth-order valence-corrected chi connectivity index (χ4v) is 6.91. The molecule has 0 radical (unpaired) electrons. The molecule has 2 heterocycles. The third kappa shape index (κ3) is 8.51. The summed E-state index contributed by atoms with van der Waals surface area (Å²) in [5.74, 6) is -3.24. The van der Waals surface area contributed by atoms with Gasteiger partial charge in [-0.1, -0.05) is 79.8 Å². The van der Waals surface area contributed by atoms with Crippen LogP contribution in [0.3, 0.4) is 0 Å². The van der Waals surface area contributed by atoms with Gasteiger partial charge in [-0.15, -0.1) is 0 Å². The first-order valence-corrected chi connectivity index (χ1v) is 16.5. The lowest BCUT2D eigenvalue weighted by Crippen LogP contribution is -2.43. The normalized spacial score (nSPS) is 16.3. The van der Waals surface area contributed by atoms with Crippen LogP contribution in [0.1, 0.15) is 33.6 Å². The molecule has 2 fully saturated rings. The van der Waals surface area contributed by atoms with Crippen LogP contribution in [0.5, 0.6) is 0 Å². The molecule has 0 aromatic heterocycles. The summed E-state index contributed by atoms with van der Waals surface area (Å²) in [5, 5.41) is 0. The van der Waals surface area contributed by atoms with E-state index in [4.69, 9.17) is 24.4 Å². The number of amides is 6. The molecule has 6 amide bonds. The van der Waals surface area contributed by atoms with Gasteiger partial charge >= 0.3 is 0 Å². The molecule has 0 atom stereocenters. The number of nitrogens with one attached hydrogen (secondary N) is 4. The smallest absolute Gasteiger partial charge is 0.269 e. The van der Waals surface area contributed by atoms with E-state index in [2.05, 4.69) is 53.6 Å². The van der Waals surface area contributed by atoms with Crippen molar-refractivity contribution in [2.75, 3.05) is 13.1 Å². The van der Waals surface area contributed by atoms with Crippen LogP contribution in [0.15, 0.2) is 67.3 Å². The number of thiocarbonyl (C=S) groups is 2. The first-order chi connectivity index (χ1) is 20.9. The molecule has 2 aliphatic rings. The molecule has 2 aromatic rings. The molecule has 0 bridgehead atoms. The SMILES string of the molecule is O=C(CCN1C(=O)/C(=C2\SC(=S)N(CCC(=O)NNC(=O)c3ccc(Br)cc3)C2=O)SC1=S)NNC(=O)c1ccc(Br)cc1. The van der Waals surface area contributed by atoms with Gasteiger partial charge in [-0.25, -0.2) is 0 Å². The Hall–Kier alpha value is -3.16. The first kappa shape index (κ1) is 33.7. The summed E-state index contributed by atoms with van der Waals surface area (Å²) in [6.07, 6.45) is -0.344. The van der Waals surface area contributed by atoms with Crippen molar-refractivity contribution in [2.45, 2.75) is 12.8 Å². The number of halogens is 2. The van der Waals surface area contributed by atoms with Gasteiger partial charge in [-0.3, -0.25) is 60.3 Å². The average Bonchev–Trinajstić information content (AvgIpc) is 3.44. The minimum atomic E-state index is -0.555. The molecule has 2 aromatic carbocycles. The summed E-state index contributed by atoms with van der Waals surface area (Å²) < 4.78 is 1.91. The Morgan fingerprint density at radius 3 is 1.30 bits per heavy atom. The highest BCUT2D eigenvalue weighted by Gasteiger charge is 2.42. The predicted octanol–water partition coefficient (Wildman–Crippen LogP) is 3.15. The second-order valence-corrected chi connectivity index (χ2v) is 13.9. The number of carbonyl (C=O) groups excluding carboxylic acids is 6. The summed E-state index contributed by atoms with van der Waals surface area (Å²) in [6, 6.07) is 13.1. The molecular weight excluding hydrogens is 780 g/mol. The van der Waals surface area contributed by atoms with E-state index in [0.29, 0.717) is 11.1 Å². The minimum absolute atomic E-state index is 0.0741. The molecule has 18 heteroatoms. The fourth-order valence-electron chi connectivity index (χ4n) is 3.61. The van der Waals surface area contributed by atoms with Crippen LogP contribution in [-0.2, 0) is 19.2 Å². The Morgan fingerprint density at radius 2 is 0.955 bits per heavy atom. The Kier molecular flexibility index (Phi) is 11.7. The fraction of sp³-hybridized carbons (Fsp3) is 0.154. The lowest BCUT2D eigenvalue weighted by atomic mass is 10.2. The number of nitrogens with zero attached hydrogens (tertiary/aromatic N) is 2. The van der Waals surface area contributed by atoms with Crippen LogP contribution >= 0.6 is 79.8 Å². The predicted molar refractivity (Wildman–Crippen MR) is 180 cm³/mol. The van der Waals surface area contributed by atoms with Gasteiger partial charge in [-0.2, -0.15) is 0 Å². The van der Waals surface area contributed by atoms with Gasteiger partial charge in [0.2, 0.25) is 11.8 Å². The standard InChI is InChI=1S/C26H20Br2N6O6S4/c27-15-5-1-13(2-6-15)21(37)31-29-17(35)9-11-33-23(39)19(43-25(33)41)20-24(40)34(26(42)44-20)12-10-18(36)30-32-22(38)14-3-7-16(28)8-4-14/h1-8H,9-12H2,(H,29,35)(H,30,36)(H,31,37)(H,32,38)/b20-19+. The second kappa shape index (κ2) is 15.2. The van der Waals surface area contributed by atoms with Crippen molar-refractivity contribution >= 4 is 124 Å². The number of hydrazine groups is 2. The second-order valence-electron chi connectivity index (χ2n) is 8.83. The lowest BCUT2D eigenvalue weighted by Gasteiger charge is -2.15. The van der Waals surface area contributed by atoms with Crippen molar-refractivity contribution in [3.05, 3.63) is 78.4 Å². The highest BCUT2D eigenvalue weighted by Crippen LogP contribution is 2.42. The van der Waals surface area contributed by atoms with Crippen molar-refractivity contribution in [1.82, 2.24) is 31.5 Å². The van der Waals surface area contributed by atoms with Crippen LogP contribution in [0.4, 0.5) is 0 Å². The summed E-state index contributed by atoms with van der Waals surface area (Å²) >= 11 is 19.0. The van der Waals surface area contributed by atoms with E-state index in [-0.39, 0.29) is 44.4 Å². The third-order valence-corrected chi connectivity index (χ3v) is 9.96. The van der Waals surface area contributed by atoms with E-state index in [1.807, 2.05) is 0 Å². The highest BCUT2D eigenvalue weighted by molar-refractivity contribution is 9.10. The summed E-state index contributed by atoms with van der Waals surface area (Å²) in [6.45, 7) is -0.165. The number of benzene rings is 2. The third-order valence-electron chi connectivity index (χ3n) is 5.87. The van der Waals surface area contributed by atoms with E-state index < -0.39 is 35.4 Å². The van der Waals surface area contributed by atoms with Crippen LogP contribution < -0.4 is 21.7 Å². The average molecular weight is 801 g/mol. The van der Waals surface area contributed by atoms with Gasteiger partial charge in [0.15, 0.2) is 0 Å². The number of hydrogen-bond donors (Lipinski definition) is 4. The van der Waals surface area contributed by atoms with Crippen LogP contribution in [0, 0.1) is 0 Å². The van der Waals surface area contributed by atoms with E-state index in [0.717, 1.165) is 32.5 Å². The molecule has 2 saturated heterocycles. The number of hydrogen-bond acceptors (Lipinski definition) is 10. The van der Waals surface area contributed by atoms with Gasteiger partial charge in [0.25, 0.3) is 23.6 Å². The van der Waals surface area contributed by atoms with E-state index in [1.54, 1.807) is 48.5 Å². The maximum absolute atomic E-state index is 13.1. The van der Waals surface area contributed by atoms with E-state index >= 15 is 0 Å². The quantitative estimate of drug-likeness (QED) is 0.178. The molecule has 4 N–H and O–H groups in total. The zero-order chi connectivity index (χ0) is 32.0. The Balaban J connectivity index is 1.26. The van der Waals surface area contributed by atoms with Crippen molar-refractivity contribution < 1.29 is 28.8 Å². The largest absolute Gasteiger partial charge is 0.292 e. The Bertz CT molecular complexity index is 1490. The summed E-state index contributed by atoms with van der Waals surface area (Å²) in [5.41, 5.74) is 9.87. The molecule has 228 valence electrons. The van der Waals surface area contributed by atoms with Gasteiger partial charge in [0.1, 0.15) is 8.64 Å². The van der Waals surface area contributed by atoms with Crippen LogP contribution in [0.25, 0.3) is 0 Å². The molecule has 0 spiro atoms. The molecule has 2 aliphatic heterocycles. The van der Waals surface area contributed by atoms with Crippen molar-refractivity contribution in [1.29, 1.82) is 0 Å². The van der Waals surface area contributed by atoms with Gasteiger partial charge in [0, 0.05) is 46.0 Å². The number of rotatable bonds is 8. The monoisotopic (exact) mass is 798 g/mol. The maximum atomic E-state index is 13.1. The highest BCUT2D eigenvalue weighted by atomic mass is 79.9. The molecule has 12 nitrogen and oxygen atoms in total. The van der Waals surface area contributed by atoms with Gasteiger partial charge in [0.05, 0.1) is 9.81 Å². The van der Waals surface area contributed by atoms with Crippen molar-refractivity contribution in [3.63, 3.8) is 0 Å². The molecule has 0 saturated carbocycles. The number of thioether (sulfide) groups is 2. The molecule has 44 heavy (non-hydrogen) atoms.